The average Bonchev–Trinajstić information content (AvgIpc) is 3.29. The Morgan fingerprint density at radius 1 is 1.23 bits per heavy atom. The maximum atomic E-state index is 13.5. The zero-order valence-electron chi connectivity index (χ0n) is 18.7. The molecule has 0 aromatic rings. The predicted molar refractivity (Wildman–Crippen MR) is 111 cm³/mol. The van der Waals surface area contributed by atoms with E-state index < -0.39 is 29.0 Å². The van der Waals surface area contributed by atoms with Crippen LogP contribution in [0.25, 0.3) is 0 Å². The summed E-state index contributed by atoms with van der Waals surface area (Å²) in [5.74, 6) is -1.64. The number of ether oxygens (including phenoxy) is 1. The Kier molecular flexibility index (Phi) is 6.77. The molecule has 3 aliphatic heterocycles. The first kappa shape index (κ1) is 23.0. The van der Waals surface area contributed by atoms with E-state index in [1.165, 1.54) is 0 Å². The van der Waals surface area contributed by atoms with E-state index in [-0.39, 0.29) is 30.4 Å². The first-order valence-electron chi connectivity index (χ1n) is 11.3. The summed E-state index contributed by atoms with van der Waals surface area (Å²) < 4.78 is 6.35. The molecule has 2 unspecified atom stereocenters. The molecule has 3 aliphatic rings. The van der Waals surface area contributed by atoms with E-state index in [0.717, 1.165) is 12.8 Å². The minimum Gasteiger partial charge on any atom is -0.396 e. The molecule has 30 heavy (non-hydrogen) atoms. The summed E-state index contributed by atoms with van der Waals surface area (Å²) >= 11 is 0. The number of aliphatic hydroxyl groups is 1. The molecule has 3 N–H and O–H groups in total. The SMILES string of the molecule is CCCNC(=O)[C@@H]1[C@@H]2CCC3(O2)C(C(=O)NC(C)(C)C)N(CCCCCO)C(=O)[C@H]13. The quantitative estimate of drug-likeness (QED) is 0.479. The number of aliphatic hydroxyl groups excluding tert-OH is 1. The van der Waals surface area contributed by atoms with Crippen LogP contribution in [-0.2, 0) is 19.1 Å². The number of hydrogen-bond donors (Lipinski definition) is 3. The molecule has 0 radical (unpaired) electrons. The van der Waals surface area contributed by atoms with Gasteiger partial charge in [-0.3, -0.25) is 14.4 Å². The van der Waals surface area contributed by atoms with Crippen LogP contribution in [0.2, 0.25) is 0 Å². The summed E-state index contributed by atoms with van der Waals surface area (Å²) in [6.07, 6.45) is 3.95. The van der Waals surface area contributed by atoms with Crippen LogP contribution >= 0.6 is 0 Å². The van der Waals surface area contributed by atoms with Crippen molar-refractivity contribution >= 4 is 17.7 Å². The lowest BCUT2D eigenvalue weighted by Crippen LogP contribution is -2.58. The van der Waals surface area contributed by atoms with Gasteiger partial charge in [0.2, 0.25) is 17.7 Å². The third-order valence-corrected chi connectivity index (χ3v) is 6.46. The minimum absolute atomic E-state index is 0.110. The average molecular weight is 424 g/mol. The van der Waals surface area contributed by atoms with E-state index in [0.29, 0.717) is 38.8 Å². The van der Waals surface area contributed by atoms with Crippen molar-refractivity contribution < 1.29 is 24.2 Å². The van der Waals surface area contributed by atoms with Crippen LogP contribution in [0.15, 0.2) is 0 Å². The number of unbranched alkanes of at least 4 members (excludes halogenated alkanes) is 2. The fraction of sp³-hybridized carbons (Fsp3) is 0.864. The Balaban J connectivity index is 1.89. The van der Waals surface area contributed by atoms with Crippen LogP contribution in [0.3, 0.4) is 0 Å². The number of amides is 3. The van der Waals surface area contributed by atoms with Crippen LogP contribution < -0.4 is 10.6 Å². The topological polar surface area (TPSA) is 108 Å². The van der Waals surface area contributed by atoms with Crippen LogP contribution in [0.1, 0.15) is 66.2 Å². The Morgan fingerprint density at radius 2 is 1.97 bits per heavy atom. The van der Waals surface area contributed by atoms with Gasteiger partial charge in [0.1, 0.15) is 11.6 Å². The van der Waals surface area contributed by atoms with Crippen LogP contribution in [0.4, 0.5) is 0 Å². The Hall–Kier alpha value is -1.67. The molecule has 3 rings (SSSR count). The van der Waals surface area contributed by atoms with Crippen molar-refractivity contribution in [1.82, 2.24) is 15.5 Å². The molecule has 0 aromatic carbocycles. The molecular formula is C22H37N3O5. The van der Waals surface area contributed by atoms with Gasteiger partial charge in [-0.1, -0.05) is 6.92 Å². The van der Waals surface area contributed by atoms with Crippen molar-refractivity contribution in [2.75, 3.05) is 19.7 Å². The van der Waals surface area contributed by atoms with Gasteiger partial charge in [0.25, 0.3) is 0 Å². The van der Waals surface area contributed by atoms with Crippen LogP contribution in [-0.4, -0.2) is 70.7 Å². The highest BCUT2D eigenvalue weighted by molar-refractivity contribution is 5.99. The molecule has 5 atom stereocenters. The largest absolute Gasteiger partial charge is 0.396 e. The molecule has 3 amide bonds. The van der Waals surface area contributed by atoms with Gasteiger partial charge in [0.15, 0.2) is 0 Å². The summed E-state index contributed by atoms with van der Waals surface area (Å²) in [6.45, 7) is 8.83. The molecule has 0 aromatic heterocycles. The van der Waals surface area contributed by atoms with E-state index in [1.54, 1.807) is 4.90 Å². The van der Waals surface area contributed by atoms with Gasteiger partial charge in [-0.15, -0.1) is 0 Å². The fourth-order valence-corrected chi connectivity index (χ4v) is 5.37. The van der Waals surface area contributed by atoms with Gasteiger partial charge in [-0.05, 0) is 59.3 Å². The number of nitrogens with one attached hydrogen (secondary N) is 2. The zero-order valence-corrected chi connectivity index (χ0v) is 18.7. The van der Waals surface area contributed by atoms with Gasteiger partial charge in [-0.2, -0.15) is 0 Å². The first-order valence-corrected chi connectivity index (χ1v) is 11.3. The van der Waals surface area contributed by atoms with E-state index in [1.807, 2.05) is 27.7 Å². The number of nitrogens with zero attached hydrogens (tertiary/aromatic N) is 1. The molecule has 0 aliphatic carbocycles. The normalized spacial score (nSPS) is 32.4. The molecule has 3 heterocycles. The second kappa shape index (κ2) is 8.83. The minimum atomic E-state index is -0.928. The Bertz CT molecular complexity index is 676. The highest BCUT2D eigenvalue weighted by atomic mass is 16.5. The number of fused-ring (bicyclic) bond motifs is 1. The number of carbonyl (C=O) groups is 3. The van der Waals surface area contributed by atoms with Crippen molar-refractivity contribution in [3.63, 3.8) is 0 Å². The van der Waals surface area contributed by atoms with E-state index in [4.69, 9.17) is 9.84 Å². The van der Waals surface area contributed by atoms with Crippen molar-refractivity contribution in [1.29, 1.82) is 0 Å². The predicted octanol–water partition coefficient (Wildman–Crippen LogP) is 0.965. The maximum Gasteiger partial charge on any atom is 0.246 e. The van der Waals surface area contributed by atoms with Gasteiger partial charge >= 0.3 is 0 Å². The summed E-state index contributed by atoms with van der Waals surface area (Å²) in [5, 5.41) is 15.0. The van der Waals surface area contributed by atoms with Crippen molar-refractivity contribution in [3.8, 4) is 0 Å². The van der Waals surface area contributed by atoms with Crippen molar-refractivity contribution in [3.05, 3.63) is 0 Å². The maximum absolute atomic E-state index is 13.5. The van der Waals surface area contributed by atoms with Crippen LogP contribution in [0, 0.1) is 11.8 Å². The fourth-order valence-electron chi connectivity index (χ4n) is 5.37. The van der Waals surface area contributed by atoms with Gasteiger partial charge in [0.05, 0.1) is 17.9 Å². The number of carbonyl (C=O) groups excluding carboxylic acids is 3. The lowest BCUT2D eigenvalue weighted by atomic mass is 9.70. The smallest absolute Gasteiger partial charge is 0.246 e. The summed E-state index contributed by atoms with van der Waals surface area (Å²) in [6, 6.07) is -0.725. The molecule has 0 saturated carbocycles. The molecule has 1 spiro atoms. The summed E-state index contributed by atoms with van der Waals surface area (Å²) in [4.78, 5) is 41.4. The highest BCUT2D eigenvalue weighted by Crippen LogP contribution is 2.58. The third-order valence-electron chi connectivity index (χ3n) is 6.46. The first-order chi connectivity index (χ1) is 14.2. The highest BCUT2D eigenvalue weighted by Gasteiger charge is 2.74. The molecule has 8 heteroatoms. The van der Waals surface area contributed by atoms with E-state index >= 15 is 0 Å². The lowest BCUT2D eigenvalue weighted by Gasteiger charge is -2.35. The Morgan fingerprint density at radius 3 is 2.60 bits per heavy atom. The van der Waals surface area contributed by atoms with Gasteiger partial charge in [-0.25, -0.2) is 0 Å². The second-order valence-electron chi connectivity index (χ2n) is 9.90. The third kappa shape index (κ3) is 4.08. The molecule has 3 fully saturated rings. The number of hydrogen-bond acceptors (Lipinski definition) is 5. The molecule has 170 valence electrons. The van der Waals surface area contributed by atoms with Gasteiger partial charge < -0.3 is 25.4 Å². The van der Waals surface area contributed by atoms with Crippen molar-refractivity contribution in [2.24, 2.45) is 11.8 Å². The van der Waals surface area contributed by atoms with Crippen LogP contribution in [0.5, 0.6) is 0 Å². The monoisotopic (exact) mass is 423 g/mol. The molecular weight excluding hydrogens is 386 g/mol. The molecule has 8 nitrogen and oxygen atoms in total. The van der Waals surface area contributed by atoms with Gasteiger partial charge in [0, 0.05) is 25.2 Å². The van der Waals surface area contributed by atoms with E-state index in [2.05, 4.69) is 10.6 Å². The van der Waals surface area contributed by atoms with E-state index in [9.17, 15) is 14.4 Å². The zero-order chi connectivity index (χ0) is 22.1. The summed E-state index contributed by atoms with van der Waals surface area (Å²) in [7, 11) is 0. The lowest BCUT2D eigenvalue weighted by molar-refractivity contribution is -0.142. The Labute approximate surface area is 179 Å². The summed E-state index contributed by atoms with van der Waals surface area (Å²) in [5.41, 5.74) is -1.37. The second-order valence-corrected chi connectivity index (χ2v) is 9.90. The standard InChI is InChI=1S/C22H37N3O5/c1-5-11-23-18(27)15-14-9-10-22(30-14)16(15)20(29)25(12-7-6-8-13-26)17(22)19(28)24-21(2,3)4/h14-17,26H,5-13H2,1-4H3,(H,23,27)(H,24,28)/t14-,15+,16-,17?,22?/m0/s1. The molecule has 2 bridgehead atoms. The number of likely N-dealkylation sites (tertiary alicyclic amines) is 1. The molecule has 3 saturated heterocycles. The van der Waals surface area contributed by atoms with Crippen molar-refractivity contribution in [2.45, 2.75) is 89.5 Å². The number of rotatable bonds is 9.